The first-order chi connectivity index (χ1) is 10.9. The van der Waals surface area contributed by atoms with Gasteiger partial charge in [0.15, 0.2) is 10.8 Å². The molecule has 0 aromatic carbocycles. The SMILES string of the molecule is CC(=O)Nc1nc(C(=O)Nc2cnc3c(c2)c(C)nn3C)cs1. The molecule has 0 saturated carbocycles. The molecular formula is C14H14N6O2S. The fourth-order valence-electron chi connectivity index (χ4n) is 2.16. The van der Waals surface area contributed by atoms with Crippen LogP contribution in [0.4, 0.5) is 10.8 Å². The number of nitrogens with zero attached hydrogens (tertiary/aromatic N) is 4. The van der Waals surface area contributed by atoms with E-state index in [-0.39, 0.29) is 17.5 Å². The number of thiazole rings is 1. The van der Waals surface area contributed by atoms with E-state index in [1.54, 1.807) is 16.3 Å². The molecule has 2 N–H and O–H groups in total. The Kier molecular flexibility index (Phi) is 3.78. The highest BCUT2D eigenvalue weighted by Gasteiger charge is 2.13. The van der Waals surface area contributed by atoms with Crippen LogP contribution in [0.3, 0.4) is 0 Å². The number of hydrogen-bond donors (Lipinski definition) is 2. The molecular weight excluding hydrogens is 316 g/mol. The Labute approximate surface area is 135 Å². The van der Waals surface area contributed by atoms with Crippen molar-refractivity contribution >= 4 is 45.0 Å². The van der Waals surface area contributed by atoms with Crippen LogP contribution in [0.2, 0.25) is 0 Å². The second-order valence-corrected chi connectivity index (χ2v) is 5.84. The first-order valence-corrected chi connectivity index (χ1v) is 7.66. The monoisotopic (exact) mass is 330 g/mol. The van der Waals surface area contributed by atoms with Crippen LogP contribution in [0.25, 0.3) is 11.0 Å². The molecule has 0 atom stereocenters. The summed E-state index contributed by atoms with van der Waals surface area (Å²) in [6, 6.07) is 1.82. The minimum absolute atomic E-state index is 0.229. The van der Waals surface area contributed by atoms with Crippen LogP contribution >= 0.6 is 11.3 Å². The highest BCUT2D eigenvalue weighted by Crippen LogP contribution is 2.21. The fraction of sp³-hybridized carbons (Fsp3) is 0.214. The van der Waals surface area contributed by atoms with Gasteiger partial charge >= 0.3 is 0 Å². The minimum atomic E-state index is -0.361. The highest BCUT2D eigenvalue weighted by atomic mass is 32.1. The molecule has 0 fully saturated rings. The van der Waals surface area contributed by atoms with E-state index >= 15 is 0 Å². The van der Waals surface area contributed by atoms with Gasteiger partial charge in [-0.05, 0) is 13.0 Å². The lowest BCUT2D eigenvalue weighted by atomic mass is 10.2. The minimum Gasteiger partial charge on any atom is -0.319 e. The maximum Gasteiger partial charge on any atom is 0.275 e. The lowest BCUT2D eigenvalue weighted by Gasteiger charge is -2.03. The molecule has 3 heterocycles. The molecule has 0 saturated heterocycles. The number of hydrogen-bond acceptors (Lipinski definition) is 6. The molecule has 23 heavy (non-hydrogen) atoms. The van der Waals surface area contributed by atoms with Crippen molar-refractivity contribution in [3.8, 4) is 0 Å². The van der Waals surface area contributed by atoms with Gasteiger partial charge in [0.1, 0.15) is 5.69 Å². The number of rotatable bonds is 3. The zero-order valence-electron chi connectivity index (χ0n) is 12.7. The summed E-state index contributed by atoms with van der Waals surface area (Å²) in [5.74, 6) is -0.589. The number of anilines is 2. The second-order valence-electron chi connectivity index (χ2n) is 4.98. The van der Waals surface area contributed by atoms with Gasteiger partial charge in [0.2, 0.25) is 5.91 Å². The molecule has 9 heteroatoms. The molecule has 0 radical (unpaired) electrons. The summed E-state index contributed by atoms with van der Waals surface area (Å²) in [7, 11) is 1.82. The number of carbonyl (C=O) groups excluding carboxylic acids is 2. The van der Waals surface area contributed by atoms with E-state index in [2.05, 4.69) is 25.7 Å². The number of amides is 2. The Morgan fingerprint density at radius 2 is 2.09 bits per heavy atom. The molecule has 0 spiro atoms. The Balaban J connectivity index is 1.81. The van der Waals surface area contributed by atoms with Crippen LogP contribution in [0.5, 0.6) is 0 Å². The zero-order valence-corrected chi connectivity index (χ0v) is 13.6. The molecule has 0 aliphatic rings. The third kappa shape index (κ3) is 3.04. The van der Waals surface area contributed by atoms with Gasteiger partial charge < -0.3 is 10.6 Å². The molecule has 0 unspecified atom stereocenters. The molecule has 0 aliphatic carbocycles. The van der Waals surface area contributed by atoms with Crippen molar-refractivity contribution in [1.82, 2.24) is 19.7 Å². The van der Waals surface area contributed by atoms with Crippen molar-refractivity contribution < 1.29 is 9.59 Å². The zero-order chi connectivity index (χ0) is 16.6. The number of fused-ring (bicyclic) bond motifs is 1. The average molecular weight is 330 g/mol. The van der Waals surface area contributed by atoms with Crippen LogP contribution in [0.1, 0.15) is 23.1 Å². The van der Waals surface area contributed by atoms with E-state index in [0.717, 1.165) is 16.7 Å². The Bertz CT molecular complexity index is 913. The lowest BCUT2D eigenvalue weighted by Crippen LogP contribution is -2.13. The van der Waals surface area contributed by atoms with E-state index in [1.807, 2.05) is 20.0 Å². The topological polar surface area (TPSA) is 102 Å². The number of pyridine rings is 1. The predicted octanol–water partition coefficient (Wildman–Crippen LogP) is 1.94. The number of aromatic nitrogens is 4. The standard InChI is InChI=1S/C14H14N6O2S/c1-7-10-4-9(5-15-12(10)20(3)19-7)17-13(22)11-6-23-14(18-11)16-8(2)21/h4-6H,1-3H3,(H,17,22)(H,16,18,21). The van der Waals surface area contributed by atoms with Crippen LogP contribution in [0, 0.1) is 6.92 Å². The number of nitrogens with one attached hydrogen (secondary N) is 2. The van der Waals surface area contributed by atoms with Gasteiger partial charge in [0.05, 0.1) is 17.6 Å². The largest absolute Gasteiger partial charge is 0.319 e. The normalized spacial score (nSPS) is 10.7. The summed E-state index contributed by atoms with van der Waals surface area (Å²) in [4.78, 5) is 31.6. The van der Waals surface area contributed by atoms with Crippen LogP contribution < -0.4 is 10.6 Å². The van der Waals surface area contributed by atoms with E-state index in [0.29, 0.717) is 10.8 Å². The number of carbonyl (C=O) groups is 2. The van der Waals surface area contributed by atoms with Gasteiger partial charge in [-0.25, -0.2) is 9.97 Å². The van der Waals surface area contributed by atoms with Gasteiger partial charge in [-0.3, -0.25) is 14.3 Å². The fourth-order valence-corrected chi connectivity index (χ4v) is 2.89. The van der Waals surface area contributed by atoms with Crippen molar-refractivity contribution in [2.75, 3.05) is 10.6 Å². The van der Waals surface area contributed by atoms with Gasteiger partial charge in [-0.2, -0.15) is 5.10 Å². The molecule has 2 amide bonds. The molecule has 3 aromatic rings. The smallest absolute Gasteiger partial charge is 0.275 e. The summed E-state index contributed by atoms with van der Waals surface area (Å²) < 4.78 is 1.69. The average Bonchev–Trinajstić information content (AvgIpc) is 3.04. The Morgan fingerprint density at radius 3 is 2.83 bits per heavy atom. The molecule has 118 valence electrons. The lowest BCUT2D eigenvalue weighted by molar-refractivity contribution is -0.114. The van der Waals surface area contributed by atoms with Crippen molar-refractivity contribution in [2.45, 2.75) is 13.8 Å². The molecule has 3 rings (SSSR count). The first kappa shape index (κ1) is 15.1. The van der Waals surface area contributed by atoms with Crippen LogP contribution in [-0.4, -0.2) is 31.6 Å². The predicted molar refractivity (Wildman–Crippen MR) is 87.6 cm³/mol. The van der Waals surface area contributed by atoms with Crippen molar-refractivity contribution in [3.63, 3.8) is 0 Å². The van der Waals surface area contributed by atoms with Gasteiger partial charge in [0, 0.05) is 24.7 Å². The number of aryl methyl sites for hydroxylation is 2. The van der Waals surface area contributed by atoms with E-state index in [4.69, 9.17) is 0 Å². The summed E-state index contributed by atoms with van der Waals surface area (Å²) in [6.45, 7) is 3.27. The highest BCUT2D eigenvalue weighted by molar-refractivity contribution is 7.14. The van der Waals surface area contributed by atoms with Crippen LogP contribution in [-0.2, 0) is 11.8 Å². The van der Waals surface area contributed by atoms with E-state index in [1.165, 1.54) is 18.3 Å². The van der Waals surface area contributed by atoms with Gasteiger partial charge in [-0.1, -0.05) is 0 Å². The maximum atomic E-state index is 12.2. The van der Waals surface area contributed by atoms with Crippen molar-refractivity contribution in [1.29, 1.82) is 0 Å². The van der Waals surface area contributed by atoms with Gasteiger partial charge in [-0.15, -0.1) is 11.3 Å². The Morgan fingerprint density at radius 1 is 1.30 bits per heavy atom. The summed E-state index contributed by atoms with van der Waals surface area (Å²) in [5.41, 5.74) is 2.39. The summed E-state index contributed by atoms with van der Waals surface area (Å²) >= 11 is 1.19. The van der Waals surface area contributed by atoms with Gasteiger partial charge in [0.25, 0.3) is 5.91 Å². The first-order valence-electron chi connectivity index (χ1n) is 6.78. The Hall–Kier alpha value is -2.81. The maximum absolute atomic E-state index is 12.2. The van der Waals surface area contributed by atoms with Crippen molar-refractivity contribution in [3.05, 3.63) is 29.0 Å². The summed E-state index contributed by atoms with van der Waals surface area (Å²) in [6.07, 6.45) is 1.57. The summed E-state index contributed by atoms with van der Waals surface area (Å²) in [5, 5.41) is 12.4. The molecule has 8 nitrogen and oxygen atoms in total. The second kappa shape index (κ2) is 5.76. The molecule has 3 aromatic heterocycles. The third-order valence-electron chi connectivity index (χ3n) is 3.14. The quantitative estimate of drug-likeness (QED) is 0.764. The van der Waals surface area contributed by atoms with E-state index in [9.17, 15) is 9.59 Å². The molecule has 0 bridgehead atoms. The third-order valence-corrected chi connectivity index (χ3v) is 3.90. The van der Waals surface area contributed by atoms with Crippen LogP contribution in [0.15, 0.2) is 17.6 Å². The molecule has 0 aliphatic heterocycles. The van der Waals surface area contributed by atoms with Crippen molar-refractivity contribution in [2.24, 2.45) is 7.05 Å². The van der Waals surface area contributed by atoms with E-state index < -0.39 is 0 Å².